The summed E-state index contributed by atoms with van der Waals surface area (Å²) in [5.74, 6) is 0. The minimum Gasteiger partial charge on any atom is -0.378 e. The van der Waals surface area contributed by atoms with E-state index in [1.54, 1.807) is 0 Å². The van der Waals surface area contributed by atoms with Crippen molar-refractivity contribution in [3.05, 3.63) is 23.3 Å². The molecule has 0 aliphatic rings. The highest BCUT2D eigenvalue weighted by Crippen LogP contribution is 1.95. The van der Waals surface area contributed by atoms with Gasteiger partial charge in [-0.05, 0) is 19.9 Å². The third kappa shape index (κ3) is 5.86. The summed E-state index contributed by atoms with van der Waals surface area (Å²) in [4.78, 5) is 0. The summed E-state index contributed by atoms with van der Waals surface area (Å²) < 4.78 is 5.10. The molecule has 0 aliphatic heterocycles. The van der Waals surface area contributed by atoms with Crippen LogP contribution < -0.4 is 0 Å². The SMILES string of the molecule is CCOC/C=C(C)/C=C/Cl. The van der Waals surface area contributed by atoms with Gasteiger partial charge in [0.1, 0.15) is 0 Å². The molecular weight excluding hydrogens is 148 g/mol. The largest absolute Gasteiger partial charge is 0.378 e. The van der Waals surface area contributed by atoms with Gasteiger partial charge in [0, 0.05) is 12.1 Å². The van der Waals surface area contributed by atoms with Gasteiger partial charge in [-0.1, -0.05) is 23.3 Å². The van der Waals surface area contributed by atoms with Crippen LogP contribution in [0.1, 0.15) is 13.8 Å². The summed E-state index contributed by atoms with van der Waals surface area (Å²) in [5.41, 5.74) is 2.63. The number of allylic oxidation sites excluding steroid dienone is 2. The Kier molecular flexibility index (Phi) is 6.66. The van der Waals surface area contributed by atoms with E-state index in [4.69, 9.17) is 16.3 Å². The molecular formula is C8H13ClO. The average Bonchev–Trinajstić information content (AvgIpc) is 1.89. The highest BCUT2D eigenvalue weighted by molar-refractivity contribution is 6.25. The first-order chi connectivity index (χ1) is 4.81. The first-order valence-electron chi connectivity index (χ1n) is 3.32. The van der Waals surface area contributed by atoms with Gasteiger partial charge >= 0.3 is 0 Å². The Morgan fingerprint density at radius 1 is 1.60 bits per heavy atom. The molecule has 0 saturated carbocycles. The molecule has 0 aromatic rings. The van der Waals surface area contributed by atoms with Gasteiger partial charge in [-0.3, -0.25) is 0 Å². The molecule has 0 bridgehead atoms. The fourth-order valence-electron chi connectivity index (χ4n) is 0.476. The second-order valence-electron chi connectivity index (χ2n) is 1.90. The first-order valence-corrected chi connectivity index (χ1v) is 3.76. The van der Waals surface area contributed by atoms with Crippen molar-refractivity contribution in [3.8, 4) is 0 Å². The fraction of sp³-hybridized carbons (Fsp3) is 0.500. The minimum absolute atomic E-state index is 0.670. The summed E-state index contributed by atoms with van der Waals surface area (Å²) in [6.45, 7) is 5.39. The van der Waals surface area contributed by atoms with Crippen molar-refractivity contribution in [3.63, 3.8) is 0 Å². The van der Waals surface area contributed by atoms with Gasteiger partial charge in [0.05, 0.1) is 6.61 Å². The predicted octanol–water partition coefficient (Wildman–Crippen LogP) is 2.72. The van der Waals surface area contributed by atoms with E-state index in [0.717, 1.165) is 12.2 Å². The predicted molar refractivity (Wildman–Crippen MR) is 45.2 cm³/mol. The van der Waals surface area contributed by atoms with Crippen molar-refractivity contribution in [1.82, 2.24) is 0 Å². The van der Waals surface area contributed by atoms with E-state index in [2.05, 4.69) is 0 Å². The average molecular weight is 161 g/mol. The van der Waals surface area contributed by atoms with E-state index >= 15 is 0 Å². The Hall–Kier alpha value is -0.270. The van der Waals surface area contributed by atoms with Crippen LogP contribution >= 0.6 is 11.6 Å². The van der Waals surface area contributed by atoms with Crippen LogP contribution in [0.5, 0.6) is 0 Å². The normalized spacial score (nSPS) is 12.9. The van der Waals surface area contributed by atoms with Crippen molar-refractivity contribution in [1.29, 1.82) is 0 Å². The lowest BCUT2D eigenvalue weighted by Crippen LogP contribution is -1.88. The van der Waals surface area contributed by atoms with Crippen LogP contribution in [0.15, 0.2) is 23.3 Å². The molecule has 0 spiro atoms. The molecule has 58 valence electrons. The van der Waals surface area contributed by atoms with Crippen LogP contribution in [0, 0.1) is 0 Å². The zero-order valence-electron chi connectivity index (χ0n) is 6.43. The lowest BCUT2D eigenvalue weighted by Gasteiger charge is -1.94. The van der Waals surface area contributed by atoms with E-state index in [1.807, 2.05) is 26.0 Å². The summed E-state index contributed by atoms with van der Waals surface area (Å²) >= 11 is 5.35. The summed E-state index contributed by atoms with van der Waals surface area (Å²) in [6, 6.07) is 0. The number of rotatable bonds is 4. The van der Waals surface area contributed by atoms with E-state index < -0.39 is 0 Å². The van der Waals surface area contributed by atoms with Crippen LogP contribution in [-0.4, -0.2) is 13.2 Å². The molecule has 1 nitrogen and oxygen atoms in total. The van der Waals surface area contributed by atoms with Gasteiger partial charge in [-0.2, -0.15) is 0 Å². The molecule has 0 heterocycles. The molecule has 0 atom stereocenters. The first kappa shape index (κ1) is 9.73. The number of ether oxygens (including phenoxy) is 1. The number of hydrogen-bond acceptors (Lipinski definition) is 1. The molecule has 0 rings (SSSR count). The molecule has 0 fully saturated rings. The fourth-order valence-corrected chi connectivity index (χ4v) is 0.674. The van der Waals surface area contributed by atoms with Crippen molar-refractivity contribution in [2.45, 2.75) is 13.8 Å². The smallest absolute Gasteiger partial charge is 0.0652 e. The van der Waals surface area contributed by atoms with Crippen molar-refractivity contribution < 1.29 is 4.74 Å². The van der Waals surface area contributed by atoms with Gasteiger partial charge in [-0.15, -0.1) is 0 Å². The maximum Gasteiger partial charge on any atom is 0.0652 e. The Morgan fingerprint density at radius 2 is 2.30 bits per heavy atom. The lowest BCUT2D eigenvalue weighted by atomic mass is 10.3. The molecule has 0 radical (unpaired) electrons. The summed E-state index contributed by atoms with van der Waals surface area (Å²) in [5, 5.41) is 0. The van der Waals surface area contributed by atoms with Crippen LogP contribution in [0.3, 0.4) is 0 Å². The quantitative estimate of drug-likeness (QED) is 0.454. The Morgan fingerprint density at radius 3 is 2.80 bits per heavy atom. The van der Waals surface area contributed by atoms with E-state index in [-0.39, 0.29) is 0 Å². The minimum atomic E-state index is 0.670. The number of hydrogen-bond donors (Lipinski definition) is 0. The molecule has 10 heavy (non-hydrogen) atoms. The van der Waals surface area contributed by atoms with E-state index in [0.29, 0.717) is 6.61 Å². The van der Waals surface area contributed by atoms with Crippen molar-refractivity contribution in [2.24, 2.45) is 0 Å². The second kappa shape index (κ2) is 6.84. The Balaban J connectivity index is 3.47. The zero-order chi connectivity index (χ0) is 7.82. The van der Waals surface area contributed by atoms with Crippen molar-refractivity contribution >= 4 is 11.6 Å². The van der Waals surface area contributed by atoms with Crippen LogP contribution in [0.25, 0.3) is 0 Å². The van der Waals surface area contributed by atoms with Crippen LogP contribution in [0.4, 0.5) is 0 Å². The van der Waals surface area contributed by atoms with Gasteiger partial charge in [-0.25, -0.2) is 0 Å². The standard InChI is InChI=1S/C8H13ClO/c1-3-10-7-5-8(2)4-6-9/h4-6H,3,7H2,1-2H3/b6-4+,8-5+. The van der Waals surface area contributed by atoms with Crippen LogP contribution in [0.2, 0.25) is 0 Å². The maximum absolute atomic E-state index is 5.35. The monoisotopic (exact) mass is 160 g/mol. The Bertz CT molecular complexity index is 127. The maximum atomic E-state index is 5.35. The third-order valence-corrected chi connectivity index (χ3v) is 1.18. The van der Waals surface area contributed by atoms with Gasteiger partial charge in [0.2, 0.25) is 0 Å². The number of halogens is 1. The molecule has 0 amide bonds. The Labute approximate surface area is 67.3 Å². The molecule has 2 heteroatoms. The van der Waals surface area contributed by atoms with Gasteiger partial charge < -0.3 is 4.74 Å². The molecule has 0 unspecified atom stereocenters. The second-order valence-corrected chi connectivity index (χ2v) is 2.15. The molecule has 0 saturated heterocycles. The molecule has 0 N–H and O–H groups in total. The van der Waals surface area contributed by atoms with Crippen molar-refractivity contribution in [2.75, 3.05) is 13.2 Å². The van der Waals surface area contributed by atoms with Crippen LogP contribution in [-0.2, 0) is 4.74 Å². The molecule has 0 aliphatic carbocycles. The lowest BCUT2D eigenvalue weighted by molar-refractivity contribution is 0.177. The third-order valence-electron chi connectivity index (χ3n) is 1.05. The zero-order valence-corrected chi connectivity index (χ0v) is 7.19. The summed E-state index contributed by atoms with van der Waals surface area (Å²) in [6.07, 6.45) is 3.82. The van der Waals surface area contributed by atoms with Gasteiger partial charge in [0.15, 0.2) is 0 Å². The topological polar surface area (TPSA) is 9.23 Å². The van der Waals surface area contributed by atoms with E-state index in [9.17, 15) is 0 Å². The molecule has 0 aromatic carbocycles. The molecule has 0 aromatic heterocycles. The van der Waals surface area contributed by atoms with E-state index in [1.165, 1.54) is 5.54 Å². The van der Waals surface area contributed by atoms with Gasteiger partial charge in [0.25, 0.3) is 0 Å². The highest BCUT2D eigenvalue weighted by atomic mass is 35.5. The summed E-state index contributed by atoms with van der Waals surface area (Å²) in [7, 11) is 0. The highest BCUT2D eigenvalue weighted by Gasteiger charge is 1.80.